The van der Waals surface area contributed by atoms with Crippen LogP contribution in [-0.4, -0.2) is 16.3 Å². The number of hydrogen-bond acceptors (Lipinski definition) is 2. The SMILES string of the molecule is CCC(CCCSC1CCCCCCCC1S)C1(CC)CC(C2CCCC2)CC1(CC)C1CCCCCCC1. The average molecular weight is 577 g/mol. The molecule has 2 heteroatoms. The molecule has 228 valence electrons. The molecule has 0 radical (unpaired) electrons. The molecule has 4 fully saturated rings. The fraction of sp³-hybridized carbons (Fsp3) is 1.00. The van der Waals surface area contributed by atoms with Gasteiger partial charge in [0.15, 0.2) is 0 Å². The molecular formula is C37H68S2. The lowest BCUT2D eigenvalue weighted by atomic mass is 9.49. The van der Waals surface area contributed by atoms with Crippen LogP contribution in [0.2, 0.25) is 0 Å². The molecule has 4 aliphatic rings. The molecule has 6 atom stereocenters. The Morgan fingerprint density at radius 3 is 1.87 bits per heavy atom. The van der Waals surface area contributed by atoms with Crippen LogP contribution < -0.4 is 0 Å². The molecule has 0 saturated heterocycles. The van der Waals surface area contributed by atoms with Crippen LogP contribution in [0.1, 0.15) is 181 Å². The van der Waals surface area contributed by atoms with Crippen molar-refractivity contribution < 1.29 is 0 Å². The lowest BCUT2D eigenvalue weighted by Gasteiger charge is -2.55. The molecule has 6 unspecified atom stereocenters. The third-order valence-electron chi connectivity index (χ3n) is 13.2. The van der Waals surface area contributed by atoms with E-state index in [0.29, 0.717) is 16.1 Å². The van der Waals surface area contributed by atoms with Crippen molar-refractivity contribution in [3.63, 3.8) is 0 Å². The van der Waals surface area contributed by atoms with Crippen molar-refractivity contribution in [2.24, 2.45) is 34.5 Å². The first-order valence-corrected chi connectivity index (χ1v) is 20.0. The van der Waals surface area contributed by atoms with Crippen LogP contribution in [0, 0.1) is 34.5 Å². The first-order valence-electron chi connectivity index (χ1n) is 18.4. The van der Waals surface area contributed by atoms with E-state index in [-0.39, 0.29) is 0 Å². The lowest BCUT2D eigenvalue weighted by Crippen LogP contribution is -2.47. The highest BCUT2D eigenvalue weighted by molar-refractivity contribution is 8.00. The number of hydrogen-bond donors (Lipinski definition) is 1. The Morgan fingerprint density at radius 1 is 0.667 bits per heavy atom. The van der Waals surface area contributed by atoms with Gasteiger partial charge in [-0.1, -0.05) is 117 Å². The highest BCUT2D eigenvalue weighted by atomic mass is 32.2. The molecule has 4 aliphatic carbocycles. The molecule has 0 aromatic heterocycles. The van der Waals surface area contributed by atoms with Gasteiger partial charge in [-0.25, -0.2) is 0 Å². The topological polar surface area (TPSA) is 0 Å². The van der Waals surface area contributed by atoms with E-state index in [4.69, 9.17) is 12.6 Å². The van der Waals surface area contributed by atoms with E-state index in [0.717, 1.165) is 28.9 Å². The Morgan fingerprint density at radius 2 is 1.26 bits per heavy atom. The zero-order chi connectivity index (χ0) is 27.6. The minimum absolute atomic E-state index is 0.600. The predicted molar refractivity (Wildman–Crippen MR) is 180 cm³/mol. The van der Waals surface area contributed by atoms with Gasteiger partial charge in [0.1, 0.15) is 0 Å². The molecule has 0 aliphatic heterocycles. The van der Waals surface area contributed by atoms with Crippen molar-refractivity contribution in [1.82, 2.24) is 0 Å². The second-order valence-electron chi connectivity index (χ2n) is 14.8. The standard InChI is InChI=1S/C37H68S2/c1-4-32(24-19-27-39-35-26-16-12-8-11-15-25-34(35)38)36(5-2)28-31(30-20-17-18-21-30)29-37(36,6-3)33-22-13-9-7-10-14-23-33/h30-35,38H,4-29H2,1-3H3. The molecule has 0 N–H and O–H groups in total. The molecule has 4 saturated carbocycles. The minimum atomic E-state index is 0.600. The minimum Gasteiger partial charge on any atom is -0.175 e. The quantitative estimate of drug-likeness (QED) is 0.188. The Balaban J connectivity index is 1.49. The number of rotatable bonds is 11. The fourth-order valence-electron chi connectivity index (χ4n) is 11.1. The molecule has 4 rings (SSSR count). The van der Waals surface area contributed by atoms with Gasteiger partial charge in [0.2, 0.25) is 0 Å². The zero-order valence-corrected chi connectivity index (χ0v) is 28.4. The van der Waals surface area contributed by atoms with Crippen molar-refractivity contribution in [3.8, 4) is 0 Å². The summed E-state index contributed by atoms with van der Waals surface area (Å²) in [5.74, 6) is 5.41. The highest BCUT2D eigenvalue weighted by Gasteiger charge is 2.61. The monoisotopic (exact) mass is 576 g/mol. The lowest BCUT2D eigenvalue weighted by molar-refractivity contribution is -0.0616. The summed E-state index contributed by atoms with van der Waals surface area (Å²) < 4.78 is 0. The van der Waals surface area contributed by atoms with Crippen molar-refractivity contribution in [2.75, 3.05) is 5.75 Å². The van der Waals surface area contributed by atoms with E-state index >= 15 is 0 Å². The van der Waals surface area contributed by atoms with Crippen molar-refractivity contribution in [2.45, 2.75) is 192 Å². The maximum Gasteiger partial charge on any atom is 0.0164 e. The van der Waals surface area contributed by atoms with Crippen LogP contribution >= 0.6 is 24.4 Å². The predicted octanol–water partition coefficient (Wildman–Crippen LogP) is 12.7. The van der Waals surface area contributed by atoms with Gasteiger partial charge in [0, 0.05) is 10.5 Å². The van der Waals surface area contributed by atoms with Crippen LogP contribution in [0.4, 0.5) is 0 Å². The van der Waals surface area contributed by atoms with Gasteiger partial charge in [0.05, 0.1) is 0 Å². The molecular weight excluding hydrogens is 509 g/mol. The molecule has 0 nitrogen and oxygen atoms in total. The summed E-state index contributed by atoms with van der Waals surface area (Å²) in [6.07, 6.45) is 37.2. The Hall–Kier alpha value is 0.700. The van der Waals surface area contributed by atoms with E-state index in [2.05, 4.69) is 32.5 Å². The van der Waals surface area contributed by atoms with Crippen LogP contribution in [-0.2, 0) is 0 Å². The number of thioether (sulfide) groups is 1. The molecule has 0 bridgehead atoms. The Bertz CT molecular complexity index is 662. The van der Waals surface area contributed by atoms with Crippen molar-refractivity contribution in [1.29, 1.82) is 0 Å². The highest BCUT2D eigenvalue weighted by Crippen LogP contribution is 2.70. The summed E-state index contributed by atoms with van der Waals surface area (Å²) in [4.78, 5) is 0. The maximum absolute atomic E-state index is 5.12. The van der Waals surface area contributed by atoms with Gasteiger partial charge < -0.3 is 0 Å². The smallest absolute Gasteiger partial charge is 0.0164 e. The Labute approximate surface area is 255 Å². The van der Waals surface area contributed by atoms with E-state index in [9.17, 15) is 0 Å². The summed E-state index contributed by atoms with van der Waals surface area (Å²) in [5, 5.41) is 1.43. The van der Waals surface area contributed by atoms with E-state index in [1.807, 2.05) is 0 Å². The fourth-order valence-corrected chi connectivity index (χ4v) is 13.1. The first-order chi connectivity index (χ1) is 19.1. The number of thiol groups is 1. The van der Waals surface area contributed by atoms with Crippen molar-refractivity contribution in [3.05, 3.63) is 0 Å². The van der Waals surface area contributed by atoms with Gasteiger partial charge in [-0.15, -0.1) is 0 Å². The summed E-state index contributed by atoms with van der Waals surface area (Å²) in [6.45, 7) is 7.87. The van der Waals surface area contributed by atoms with Crippen molar-refractivity contribution >= 4 is 24.4 Å². The van der Waals surface area contributed by atoms with E-state index in [1.165, 1.54) is 128 Å². The molecule has 39 heavy (non-hydrogen) atoms. The van der Waals surface area contributed by atoms with Gasteiger partial charge in [-0.05, 0) is 104 Å². The third kappa shape index (κ3) is 7.81. The zero-order valence-electron chi connectivity index (χ0n) is 26.7. The third-order valence-corrected chi connectivity index (χ3v) is 15.5. The van der Waals surface area contributed by atoms with Crippen LogP contribution in [0.25, 0.3) is 0 Å². The maximum atomic E-state index is 5.12. The second kappa shape index (κ2) is 16.5. The normalized spacial score (nSPS) is 37.1. The molecule has 0 heterocycles. The molecule has 0 amide bonds. The largest absolute Gasteiger partial charge is 0.175 e. The molecule has 0 spiro atoms. The summed E-state index contributed by atoms with van der Waals surface area (Å²) in [7, 11) is 0. The van der Waals surface area contributed by atoms with Crippen LogP contribution in [0.3, 0.4) is 0 Å². The summed E-state index contributed by atoms with van der Waals surface area (Å²) in [6, 6.07) is 0. The summed E-state index contributed by atoms with van der Waals surface area (Å²) >= 11 is 7.45. The van der Waals surface area contributed by atoms with Crippen LogP contribution in [0.5, 0.6) is 0 Å². The van der Waals surface area contributed by atoms with Gasteiger partial charge in [-0.3, -0.25) is 0 Å². The van der Waals surface area contributed by atoms with Gasteiger partial charge in [-0.2, -0.15) is 24.4 Å². The summed E-state index contributed by atoms with van der Waals surface area (Å²) in [5.41, 5.74) is 1.22. The van der Waals surface area contributed by atoms with Gasteiger partial charge >= 0.3 is 0 Å². The molecule has 0 aromatic rings. The Kier molecular flexibility index (Phi) is 13.8. The van der Waals surface area contributed by atoms with E-state index in [1.54, 1.807) is 38.5 Å². The average Bonchev–Trinajstić information content (AvgIpc) is 3.59. The molecule has 0 aromatic carbocycles. The first kappa shape index (κ1) is 32.6. The van der Waals surface area contributed by atoms with Crippen LogP contribution in [0.15, 0.2) is 0 Å². The van der Waals surface area contributed by atoms with Gasteiger partial charge in [0.25, 0.3) is 0 Å². The van der Waals surface area contributed by atoms with E-state index < -0.39 is 0 Å². The second-order valence-corrected chi connectivity index (χ2v) is 16.9.